The topological polar surface area (TPSA) is 85.6 Å². The van der Waals surface area contributed by atoms with Gasteiger partial charge in [0.25, 0.3) is 5.91 Å². The molecule has 0 saturated heterocycles. The van der Waals surface area contributed by atoms with Crippen molar-refractivity contribution in [3.63, 3.8) is 0 Å². The van der Waals surface area contributed by atoms with Crippen molar-refractivity contribution in [1.82, 2.24) is 25.0 Å². The lowest BCUT2D eigenvalue weighted by molar-refractivity contribution is 0.102. The Kier molecular flexibility index (Phi) is 6.29. The van der Waals surface area contributed by atoms with Gasteiger partial charge in [0.2, 0.25) is 0 Å². The lowest BCUT2D eigenvalue weighted by Gasteiger charge is -2.10. The smallest absolute Gasteiger partial charge is 0.278 e. The van der Waals surface area contributed by atoms with Crippen LogP contribution in [-0.4, -0.2) is 30.9 Å². The third-order valence-corrected chi connectivity index (χ3v) is 5.71. The number of hydrogen-bond donors (Lipinski definition) is 1. The second-order valence-corrected chi connectivity index (χ2v) is 8.24. The van der Waals surface area contributed by atoms with E-state index in [9.17, 15) is 4.79 Å². The van der Waals surface area contributed by atoms with Gasteiger partial charge in [0, 0.05) is 28.9 Å². The van der Waals surface area contributed by atoms with Gasteiger partial charge in [-0.2, -0.15) is 0 Å². The molecule has 1 amide bonds. The van der Waals surface area contributed by atoms with Crippen molar-refractivity contribution in [3.8, 4) is 5.69 Å². The number of benzene rings is 2. The van der Waals surface area contributed by atoms with E-state index in [1.807, 2.05) is 44.2 Å². The van der Waals surface area contributed by atoms with E-state index in [0.29, 0.717) is 21.6 Å². The zero-order valence-corrected chi connectivity index (χ0v) is 18.5. The number of amides is 1. The van der Waals surface area contributed by atoms with Crippen molar-refractivity contribution in [2.24, 2.45) is 0 Å². The van der Waals surface area contributed by atoms with Crippen LogP contribution in [-0.2, 0) is 5.75 Å². The van der Waals surface area contributed by atoms with E-state index in [1.54, 1.807) is 35.3 Å². The number of carbonyl (C=O) groups is 1. The van der Waals surface area contributed by atoms with Crippen molar-refractivity contribution in [2.45, 2.75) is 24.8 Å². The Morgan fingerprint density at radius 2 is 1.84 bits per heavy atom. The summed E-state index contributed by atoms with van der Waals surface area (Å²) < 4.78 is 1.64. The van der Waals surface area contributed by atoms with Crippen LogP contribution in [0.4, 0.5) is 5.69 Å². The van der Waals surface area contributed by atoms with Gasteiger partial charge in [-0.1, -0.05) is 40.7 Å². The van der Waals surface area contributed by atoms with Gasteiger partial charge in [0.15, 0.2) is 10.9 Å². The molecule has 4 aromatic rings. The van der Waals surface area contributed by atoms with Gasteiger partial charge in [-0.15, -0.1) is 5.10 Å². The minimum atomic E-state index is -0.321. The molecule has 1 N–H and O–H groups in total. The van der Waals surface area contributed by atoms with Crippen molar-refractivity contribution in [2.75, 3.05) is 5.32 Å². The molecule has 0 bridgehead atoms. The Morgan fingerprint density at radius 1 is 1.10 bits per heavy atom. The molecule has 2 aromatic heterocycles. The number of halogens is 1. The highest BCUT2D eigenvalue weighted by atomic mass is 35.5. The summed E-state index contributed by atoms with van der Waals surface area (Å²) in [7, 11) is 0. The molecule has 0 aliphatic heterocycles. The van der Waals surface area contributed by atoms with Crippen molar-refractivity contribution >= 4 is 35.0 Å². The van der Waals surface area contributed by atoms with Crippen LogP contribution in [0.25, 0.3) is 5.69 Å². The van der Waals surface area contributed by atoms with Crippen LogP contribution in [0.1, 0.15) is 27.3 Å². The monoisotopic (exact) mass is 450 g/mol. The normalized spacial score (nSPS) is 10.8. The minimum Gasteiger partial charge on any atom is -0.320 e. The zero-order valence-electron chi connectivity index (χ0n) is 16.9. The van der Waals surface area contributed by atoms with Gasteiger partial charge in [-0.25, -0.2) is 14.6 Å². The van der Waals surface area contributed by atoms with E-state index in [4.69, 9.17) is 11.6 Å². The van der Waals surface area contributed by atoms with E-state index in [-0.39, 0.29) is 11.6 Å². The summed E-state index contributed by atoms with van der Waals surface area (Å²) in [4.78, 5) is 21.6. The molecular formula is C22H19ClN6OS. The third kappa shape index (κ3) is 4.92. The Balaban J connectivity index is 1.68. The number of thioether (sulfide) groups is 1. The fourth-order valence-corrected chi connectivity index (χ4v) is 3.86. The summed E-state index contributed by atoms with van der Waals surface area (Å²) in [6.07, 6.45) is 3.36. The molecular weight excluding hydrogens is 432 g/mol. The highest BCUT2D eigenvalue weighted by molar-refractivity contribution is 7.98. The number of rotatable bonds is 6. The lowest BCUT2D eigenvalue weighted by Crippen LogP contribution is -2.16. The van der Waals surface area contributed by atoms with Gasteiger partial charge in [-0.3, -0.25) is 4.79 Å². The van der Waals surface area contributed by atoms with Crippen LogP contribution in [0.2, 0.25) is 5.02 Å². The quantitative estimate of drug-likeness (QED) is 0.333. The molecule has 4 rings (SSSR count). The van der Waals surface area contributed by atoms with E-state index in [0.717, 1.165) is 22.5 Å². The molecule has 7 nitrogen and oxygen atoms in total. The molecule has 156 valence electrons. The molecule has 2 heterocycles. The summed E-state index contributed by atoms with van der Waals surface area (Å²) >= 11 is 7.43. The van der Waals surface area contributed by atoms with E-state index in [1.165, 1.54) is 11.8 Å². The molecule has 0 radical (unpaired) electrons. The first-order valence-corrected chi connectivity index (χ1v) is 10.9. The SMILES string of the molecule is Cc1ccc(C)c(NC(=O)c2nnn(-c3ccc(Cl)cc3)c2CSc2ncccn2)c1. The maximum absolute atomic E-state index is 13.1. The summed E-state index contributed by atoms with van der Waals surface area (Å²) in [5.41, 5.74) is 4.42. The fourth-order valence-electron chi connectivity index (χ4n) is 2.94. The second kappa shape index (κ2) is 9.28. The maximum Gasteiger partial charge on any atom is 0.278 e. The maximum atomic E-state index is 13.1. The summed E-state index contributed by atoms with van der Waals surface area (Å²) in [6, 6.07) is 14.9. The molecule has 0 spiro atoms. The van der Waals surface area contributed by atoms with Crippen LogP contribution in [0.3, 0.4) is 0 Å². The van der Waals surface area contributed by atoms with E-state index >= 15 is 0 Å². The Hall–Kier alpha value is -3.23. The molecule has 0 unspecified atom stereocenters. The van der Waals surface area contributed by atoms with E-state index in [2.05, 4.69) is 25.6 Å². The van der Waals surface area contributed by atoms with Crippen LogP contribution in [0.5, 0.6) is 0 Å². The van der Waals surface area contributed by atoms with Gasteiger partial charge < -0.3 is 5.32 Å². The van der Waals surface area contributed by atoms with Gasteiger partial charge >= 0.3 is 0 Å². The van der Waals surface area contributed by atoms with Crippen molar-refractivity contribution in [3.05, 3.63) is 88.5 Å². The Bertz CT molecular complexity index is 1210. The molecule has 9 heteroatoms. The highest BCUT2D eigenvalue weighted by Crippen LogP contribution is 2.25. The van der Waals surface area contributed by atoms with Gasteiger partial charge in [0.05, 0.1) is 11.4 Å². The molecule has 2 aromatic carbocycles. The standard InChI is InChI=1S/C22H19ClN6OS/c1-14-4-5-15(2)18(12-14)26-21(30)20-19(13-31-22-24-10-3-11-25-22)29(28-27-20)17-8-6-16(23)7-9-17/h3-12H,13H2,1-2H3,(H,26,30). The predicted molar refractivity (Wildman–Crippen MR) is 122 cm³/mol. The number of aromatic nitrogens is 5. The van der Waals surface area contributed by atoms with Crippen molar-refractivity contribution < 1.29 is 4.79 Å². The largest absolute Gasteiger partial charge is 0.320 e. The zero-order chi connectivity index (χ0) is 21.8. The molecule has 0 fully saturated rings. The van der Waals surface area contributed by atoms with Crippen LogP contribution < -0.4 is 5.32 Å². The van der Waals surface area contributed by atoms with Crippen LogP contribution in [0, 0.1) is 13.8 Å². The molecule has 0 aliphatic carbocycles. The first-order valence-electron chi connectivity index (χ1n) is 9.50. The number of anilines is 1. The molecule has 0 saturated carbocycles. The third-order valence-electron chi connectivity index (χ3n) is 4.57. The fraction of sp³-hybridized carbons (Fsp3) is 0.136. The summed E-state index contributed by atoms with van der Waals surface area (Å²) in [6.45, 7) is 3.93. The Morgan fingerprint density at radius 3 is 2.58 bits per heavy atom. The predicted octanol–water partition coefficient (Wildman–Crippen LogP) is 4.87. The van der Waals surface area contributed by atoms with Crippen LogP contribution >= 0.6 is 23.4 Å². The number of aryl methyl sites for hydroxylation is 2. The number of hydrogen-bond acceptors (Lipinski definition) is 6. The summed E-state index contributed by atoms with van der Waals surface area (Å²) in [5.74, 6) is 0.0911. The lowest BCUT2D eigenvalue weighted by atomic mass is 10.1. The summed E-state index contributed by atoms with van der Waals surface area (Å²) in [5, 5.41) is 12.6. The number of nitrogens with zero attached hydrogens (tertiary/aromatic N) is 5. The minimum absolute atomic E-state index is 0.249. The molecule has 0 aliphatic rings. The first-order chi connectivity index (χ1) is 15.0. The second-order valence-electron chi connectivity index (χ2n) is 6.87. The Labute approximate surface area is 188 Å². The number of nitrogens with one attached hydrogen (secondary N) is 1. The van der Waals surface area contributed by atoms with Crippen molar-refractivity contribution in [1.29, 1.82) is 0 Å². The molecule has 0 atom stereocenters. The van der Waals surface area contributed by atoms with Crippen LogP contribution in [0.15, 0.2) is 66.1 Å². The molecule has 31 heavy (non-hydrogen) atoms. The average Bonchev–Trinajstić information content (AvgIpc) is 3.20. The highest BCUT2D eigenvalue weighted by Gasteiger charge is 2.22. The van der Waals surface area contributed by atoms with E-state index < -0.39 is 0 Å². The van der Waals surface area contributed by atoms with Gasteiger partial charge in [-0.05, 0) is 61.4 Å². The first kappa shape index (κ1) is 21.0. The van der Waals surface area contributed by atoms with Gasteiger partial charge in [0.1, 0.15) is 0 Å². The average molecular weight is 451 g/mol. The number of carbonyl (C=O) groups excluding carboxylic acids is 1.